The van der Waals surface area contributed by atoms with Gasteiger partial charge in [-0.15, -0.1) is 11.3 Å². The van der Waals surface area contributed by atoms with E-state index in [2.05, 4.69) is 35.7 Å². The second-order valence-electron chi connectivity index (χ2n) is 10.2. The average Bonchev–Trinajstić information content (AvgIpc) is 3.56. The van der Waals surface area contributed by atoms with E-state index in [1.54, 1.807) is 42.5 Å². The van der Waals surface area contributed by atoms with Gasteiger partial charge in [-0.25, -0.2) is 9.59 Å². The molecule has 1 heterocycles. The van der Waals surface area contributed by atoms with Gasteiger partial charge in [0.05, 0.1) is 0 Å². The van der Waals surface area contributed by atoms with Crippen molar-refractivity contribution in [2.75, 3.05) is 6.54 Å². The summed E-state index contributed by atoms with van der Waals surface area (Å²) in [4.78, 5) is 24.5. The Morgan fingerprint density at radius 1 is 0.841 bits per heavy atom. The van der Waals surface area contributed by atoms with Gasteiger partial charge in [-0.05, 0) is 55.4 Å². The van der Waals surface area contributed by atoms with Crippen molar-refractivity contribution in [3.8, 4) is 11.5 Å². The first-order chi connectivity index (χ1) is 21.1. The molecule has 0 aliphatic carbocycles. The Bertz CT molecular complexity index is 1670. The van der Waals surface area contributed by atoms with Crippen molar-refractivity contribution in [2.45, 2.75) is 38.1 Å². The molecule has 9 heteroatoms. The minimum absolute atomic E-state index is 0.0332. The van der Waals surface area contributed by atoms with Crippen molar-refractivity contribution < 1.29 is 34.4 Å². The highest BCUT2D eigenvalue weighted by Crippen LogP contribution is 2.34. The predicted molar refractivity (Wildman–Crippen MR) is 171 cm³/mol. The number of aliphatic hydroxyl groups excluding tert-OH is 1. The number of aliphatic carboxylic acids is 2. The van der Waals surface area contributed by atoms with Gasteiger partial charge in [-0.3, -0.25) is 0 Å². The van der Waals surface area contributed by atoms with Crippen molar-refractivity contribution in [1.82, 2.24) is 0 Å². The highest BCUT2D eigenvalue weighted by atomic mass is 32.1. The molecule has 3 atom stereocenters. The van der Waals surface area contributed by atoms with Crippen LogP contribution >= 0.6 is 11.3 Å². The molecule has 0 aliphatic rings. The van der Waals surface area contributed by atoms with Gasteiger partial charge in [-0.1, -0.05) is 90.0 Å². The maximum atomic E-state index is 12.0. The van der Waals surface area contributed by atoms with Crippen LogP contribution in [0.3, 0.4) is 0 Å². The fraction of sp³-hybridized carbons (Fsp3) is 0.200. The number of carbonyl (C=O) groups is 2. The zero-order chi connectivity index (χ0) is 31.7. The van der Waals surface area contributed by atoms with Crippen LogP contribution in [-0.2, 0) is 15.2 Å². The largest absolute Gasteiger partial charge is 0.484 e. The lowest BCUT2D eigenvalue weighted by Crippen LogP contribution is -2.54. The zero-order valence-electron chi connectivity index (χ0n) is 24.4. The molecule has 0 fully saturated rings. The third-order valence-corrected chi connectivity index (χ3v) is 7.99. The van der Waals surface area contributed by atoms with Crippen LogP contribution in [0.25, 0.3) is 10.8 Å². The van der Waals surface area contributed by atoms with Crippen LogP contribution in [-0.4, -0.2) is 39.9 Å². The van der Waals surface area contributed by atoms with Crippen LogP contribution in [0.5, 0.6) is 11.5 Å². The summed E-state index contributed by atoms with van der Waals surface area (Å²) in [7, 11) is 0. The molecule has 0 bridgehead atoms. The van der Waals surface area contributed by atoms with E-state index in [4.69, 9.17) is 15.2 Å². The quantitative estimate of drug-likeness (QED) is 0.133. The van der Waals surface area contributed by atoms with Crippen molar-refractivity contribution in [1.29, 1.82) is 0 Å². The van der Waals surface area contributed by atoms with E-state index < -0.39 is 23.6 Å². The topological polar surface area (TPSA) is 139 Å². The van der Waals surface area contributed by atoms with Gasteiger partial charge >= 0.3 is 11.9 Å². The Labute approximate surface area is 259 Å². The number of carboxylic acids is 2. The number of fused-ring (bicyclic) bond motifs is 1. The number of hydrogen-bond acceptors (Lipinski definition) is 7. The van der Waals surface area contributed by atoms with E-state index in [0.29, 0.717) is 6.54 Å². The van der Waals surface area contributed by atoms with Crippen molar-refractivity contribution in [3.05, 3.63) is 130 Å². The van der Waals surface area contributed by atoms with Gasteiger partial charge in [0.2, 0.25) is 6.10 Å². The van der Waals surface area contributed by atoms with E-state index in [1.807, 2.05) is 31.2 Å². The van der Waals surface area contributed by atoms with Gasteiger partial charge < -0.3 is 30.5 Å². The van der Waals surface area contributed by atoms with Crippen molar-refractivity contribution in [2.24, 2.45) is 5.73 Å². The molecular formula is C35H35NO7S. The summed E-state index contributed by atoms with van der Waals surface area (Å²) in [6.07, 6.45) is -1.44. The van der Waals surface area contributed by atoms with E-state index in [1.165, 1.54) is 34.5 Å². The Balaban J connectivity index is 0.000000204. The molecule has 0 saturated heterocycles. The lowest BCUT2D eigenvalue weighted by molar-refractivity contribution is -0.180. The first-order valence-corrected chi connectivity index (χ1v) is 14.9. The lowest BCUT2D eigenvalue weighted by Gasteiger charge is -2.33. The summed E-state index contributed by atoms with van der Waals surface area (Å²) in [5.74, 6) is -2.22. The fourth-order valence-corrected chi connectivity index (χ4v) is 5.45. The van der Waals surface area contributed by atoms with Gasteiger partial charge in [0.25, 0.3) is 5.60 Å². The molecule has 5 rings (SSSR count). The molecule has 0 aliphatic heterocycles. The van der Waals surface area contributed by atoms with Crippen LogP contribution in [0.2, 0.25) is 0 Å². The maximum Gasteiger partial charge on any atom is 0.356 e. The van der Waals surface area contributed by atoms with Crippen LogP contribution in [0, 0.1) is 13.8 Å². The van der Waals surface area contributed by atoms with E-state index in [-0.39, 0.29) is 17.4 Å². The molecule has 8 nitrogen and oxygen atoms in total. The van der Waals surface area contributed by atoms with Gasteiger partial charge in [0.15, 0.2) is 0 Å². The summed E-state index contributed by atoms with van der Waals surface area (Å²) >= 11 is 1.72. The highest BCUT2D eigenvalue weighted by molar-refractivity contribution is 7.10. The number of thiophene rings is 1. The summed E-state index contributed by atoms with van der Waals surface area (Å²) in [6, 6.07) is 31.2. The Kier molecular flexibility index (Phi) is 10.7. The SMILES string of the molecule is Cc1ccc(O[C@](C(=O)O)(c2ccc(C)cc2)[C@@H](O)C(=O)O)cc1.NCCC(Oc1cccc2ccccc12)c1cccs1. The molecule has 0 radical (unpaired) electrons. The number of carboxylic acid groups (broad SMARTS) is 2. The second kappa shape index (κ2) is 14.7. The molecule has 5 aromatic rings. The number of benzene rings is 4. The maximum absolute atomic E-state index is 12.0. The van der Waals surface area contributed by atoms with Crippen molar-refractivity contribution in [3.63, 3.8) is 0 Å². The molecule has 5 N–H and O–H groups in total. The molecule has 228 valence electrons. The van der Waals surface area contributed by atoms with E-state index in [0.717, 1.165) is 28.7 Å². The molecule has 0 spiro atoms. The normalized spacial score (nSPS) is 13.5. The number of nitrogens with two attached hydrogens (primary N) is 1. The molecule has 1 aromatic heterocycles. The average molecular weight is 614 g/mol. The number of rotatable bonds is 11. The molecule has 1 unspecified atom stereocenters. The predicted octanol–water partition coefficient (Wildman–Crippen LogP) is 6.48. The Morgan fingerprint density at radius 3 is 2.07 bits per heavy atom. The van der Waals surface area contributed by atoms with Gasteiger partial charge in [0.1, 0.15) is 17.6 Å². The summed E-state index contributed by atoms with van der Waals surface area (Å²) in [5.41, 5.74) is 5.09. The first kappa shape index (κ1) is 32.2. The number of aliphatic hydroxyl groups is 1. The van der Waals surface area contributed by atoms with Gasteiger partial charge in [-0.2, -0.15) is 0 Å². The van der Waals surface area contributed by atoms with Crippen LogP contribution in [0.4, 0.5) is 0 Å². The minimum Gasteiger partial charge on any atom is -0.484 e. The third kappa shape index (κ3) is 7.44. The van der Waals surface area contributed by atoms with Crippen LogP contribution in [0.15, 0.2) is 109 Å². The summed E-state index contributed by atoms with van der Waals surface area (Å²) in [5, 5.41) is 33.5. The third-order valence-electron chi connectivity index (χ3n) is 7.03. The second-order valence-corrected chi connectivity index (χ2v) is 11.2. The van der Waals surface area contributed by atoms with E-state index >= 15 is 0 Å². The minimum atomic E-state index is -2.46. The Morgan fingerprint density at radius 2 is 1.48 bits per heavy atom. The number of ether oxygens (including phenoxy) is 2. The zero-order valence-corrected chi connectivity index (χ0v) is 25.2. The molecule has 0 saturated carbocycles. The monoisotopic (exact) mass is 613 g/mol. The standard InChI is InChI=1S/C18H18O6.C17H17NOS/c1-11-3-7-13(8-4-11)18(17(22)23,15(19)16(20)21)24-14-9-5-12(2)6-10-14;18-11-10-16(17-9-4-12-20-17)19-15-8-3-6-13-5-1-2-7-14(13)15/h3-10,15,19H,1-2H3,(H,20,21)(H,22,23);1-9,12,16H,10-11,18H2/t15-,18+;/m0./s1. The van der Waals surface area contributed by atoms with Crippen molar-refractivity contribution >= 4 is 34.0 Å². The molecule has 0 amide bonds. The first-order valence-electron chi connectivity index (χ1n) is 14.0. The fourth-order valence-electron chi connectivity index (χ4n) is 4.66. The van der Waals surface area contributed by atoms with Gasteiger partial charge in [0, 0.05) is 22.2 Å². The number of aryl methyl sites for hydroxylation is 2. The molecular weight excluding hydrogens is 578 g/mol. The van der Waals surface area contributed by atoms with Crippen LogP contribution < -0.4 is 15.2 Å². The summed E-state index contributed by atoms with van der Waals surface area (Å²) < 4.78 is 11.8. The molecule has 44 heavy (non-hydrogen) atoms. The lowest BCUT2D eigenvalue weighted by atomic mass is 9.87. The summed E-state index contributed by atoms with van der Waals surface area (Å²) in [6.45, 7) is 4.27. The molecule has 4 aromatic carbocycles. The highest BCUT2D eigenvalue weighted by Gasteiger charge is 2.53. The van der Waals surface area contributed by atoms with Crippen LogP contribution in [0.1, 0.15) is 34.1 Å². The number of hydrogen-bond donors (Lipinski definition) is 4. The smallest absolute Gasteiger partial charge is 0.356 e. The Hall–Kier alpha value is -4.70. The van der Waals surface area contributed by atoms with E-state index in [9.17, 15) is 24.9 Å².